The van der Waals surface area contributed by atoms with E-state index in [1.807, 2.05) is 30.3 Å². The predicted molar refractivity (Wildman–Crippen MR) is 130 cm³/mol. The van der Waals surface area contributed by atoms with Crippen LogP contribution in [0, 0.1) is 11.8 Å². The Kier molecular flexibility index (Phi) is 10.5. The van der Waals surface area contributed by atoms with Crippen LogP contribution in [0.2, 0.25) is 0 Å². The summed E-state index contributed by atoms with van der Waals surface area (Å²) in [6.07, 6.45) is -5.59. The third-order valence-electron chi connectivity index (χ3n) is 6.27. The summed E-state index contributed by atoms with van der Waals surface area (Å²) in [5.74, 6) is -2.99. The van der Waals surface area contributed by atoms with Gasteiger partial charge in [0.2, 0.25) is 0 Å². The summed E-state index contributed by atoms with van der Waals surface area (Å²) in [7, 11) is 1.34. The summed E-state index contributed by atoms with van der Waals surface area (Å²) in [5.41, 5.74) is 0.729. The van der Waals surface area contributed by atoms with E-state index in [1.165, 1.54) is 19.4 Å². The van der Waals surface area contributed by atoms with Gasteiger partial charge in [-0.2, -0.15) is 13.2 Å². The van der Waals surface area contributed by atoms with Gasteiger partial charge in [-0.3, -0.25) is 9.59 Å². The molecule has 1 fully saturated rings. The van der Waals surface area contributed by atoms with Gasteiger partial charge in [0.1, 0.15) is 6.10 Å². The quantitative estimate of drug-likeness (QED) is 0.267. The largest absolute Gasteiger partial charge is 0.503 e. The highest BCUT2D eigenvalue weighted by Crippen LogP contribution is 2.30. The predicted octanol–water partition coefficient (Wildman–Crippen LogP) is 4.53. The van der Waals surface area contributed by atoms with Crippen molar-refractivity contribution in [1.29, 1.82) is 0 Å². The molecule has 2 aromatic rings. The standard InChI is InChI=1S/C27H32F3NO7/c1-17-25(37-12-6-10-27(28,29)30)19(13-18-7-4-3-5-8-18)15-36-16-20(26(34)38-17)14-21(32)23-24(33)22(35-2)9-11-31-23/h3-5,7-9,11,17,19-20,25,33H,6,10,12-16H2,1-2H3/t17-,19-,20-,25-/m0/s1. The minimum Gasteiger partial charge on any atom is -0.503 e. The Morgan fingerprint density at radius 2 is 1.92 bits per heavy atom. The van der Waals surface area contributed by atoms with Crippen LogP contribution in [-0.4, -0.2) is 67.2 Å². The minimum absolute atomic E-state index is 0.0690. The van der Waals surface area contributed by atoms with Crippen molar-refractivity contribution in [2.24, 2.45) is 11.8 Å². The molecule has 11 heteroatoms. The van der Waals surface area contributed by atoms with Gasteiger partial charge in [-0.05, 0) is 25.3 Å². The second kappa shape index (κ2) is 13.6. The van der Waals surface area contributed by atoms with E-state index < -0.39 is 48.2 Å². The number of esters is 1. The molecule has 0 amide bonds. The first-order chi connectivity index (χ1) is 18.1. The van der Waals surface area contributed by atoms with Gasteiger partial charge < -0.3 is 24.1 Å². The van der Waals surface area contributed by atoms with Gasteiger partial charge in [-0.15, -0.1) is 0 Å². The van der Waals surface area contributed by atoms with Crippen molar-refractivity contribution < 1.29 is 46.8 Å². The summed E-state index contributed by atoms with van der Waals surface area (Å²) in [6.45, 7) is 1.45. The monoisotopic (exact) mass is 539 g/mol. The lowest BCUT2D eigenvalue weighted by Crippen LogP contribution is -2.40. The molecule has 38 heavy (non-hydrogen) atoms. The van der Waals surface area contributed by atoms with Crippen LogP contribution in [-0.2, 0) is 25.4 Å². The van der Waals surface area contributed by atoms with Crippen LogP contribution in [0.4, 0.5) is 13.2 Å². The third kappa shape index (κ3) is 8.42. The van der Waals surface area contributed by atoms with Crippen LogP contribution in [0.5, 0.6) is 11.5 Å². The number of Topliss-reactive ketones (excluding diaryl/α,β-unsaturated/α-hetero) is 1. The fourth-order valence-electron chi connectivity index (χ4n) is 4.38. The summed E-state index contributed by atoms with van der Waals surface area (Å²) < 4.78 is 60.2. The summed E-state index contributed by atoms with van der Waals surface area (Å²) in [5, 5.41) is 10.3. The number of carbonyl (C=O) groups excluding carboxylic acids is 2. The molecule has 0 radical (unpaired) electrons. The Morgan fingerprint density at radius 3 is 2.61 bits per heavy atom. The van der Waals surface area contributed by atoms with Gasteiger partial charge >= 0.3 is 12.1 Å². The molecule has 1 aromatic heterocycles. The molecular formula is C27H32F3NO7. The zero-order valence-corrected chi connectivity index (χ0v) is 21.3. The van der Waals surface area contributed by atoms with E-state index in [-0.39, 0.29) is 50.0 Å². The Hall–Kier alpha value is -3.18. The molecule has 0 bridgehead atoms. The first kappa shape index (κ1) is 29.4. The molecule has 1 aliphatic rings. The molecular weight excluding hydrogens is 507 g/mol. The Bertz CT molecular complexity index is 1060. The van der Waals surface area contributed by atoms with E-state index >= 15 is 0 Å². The van der Waals surface area contributed by atoms with Crippen LogP contribution in [0.25, 0.3) is 0 Å². The maximum Gasteiger partial charge on any atom is 0.389 e. The average Bonchev–Trinajstić information content (AvgIpc) is 2.91. The lowest BCUT2D eigenvalue weighted by molar-refractivity contribution is -0.164. The Morgan fingerprint density at radius 1 is 1.18 bits per heavy atom. The number of methoxy groups -OCH3 is 1. The number of alkyl halides is 3. The molecule has 0 unspecified atom stereocenters. The summed E-state index contributed by atoms with van der Waals surface area (Å²) >= 11 is 0. The van der Waals surface area contributed by atoms with Gasteiger partial charge in [0.05, 0.1) is 32.3 Å². The van der Waals surface area contributed by atoms with Crippen LogP contribution in [0.1, 0.15) is 42.2 Å². The second-order valence-corrected chi connectivity index (χ2v) is 9.22. The highest BCUT2D eigenvalue weighted by Gasteiger charge is 2.36. The van der Waals surface area contributed by atoms with E-state index in [2.05, 4.69) is 4.98 Å². The molecule has 208 valence electrons. The molecule has 1 aliphatic heterocycles. The lowest BCUT2D eigenvalue weighted by Gasteiger charge is -2.31. The number of hydrogen-bond donors (Lipinski definition) is 1. The molecule has 0 saturated carbocycles. The lowest BCUT2D eigenvalue weighted by atomic mass is 9.91. The first-order valence-electron chi connectivity index (χ1n) is 12.3. The number of pyridine rings is 1. The van der Waals surface area contributed by atoms with Crippen LogP contribution < -0.4 is 4.74 Å². The maximum atomic E-state index is 13.0. The highest BCUT2D eigenvalue weighted by molar-refractivity contribution is 5.99. The van der Waals surface area contributed by atoms with Gasteiger partial charge in [-0.1, -0.05) is 30.3 Å². The molecule has 0 aliphatic carbocycles. The van der Waals surface area contributed by atoms with E-state index in [1.54, 1.807) is 6.92 Å². The average molecular weight is 540 g/mol. The Labute approximate surface area is 219 Å². The molecule has 2 heterocycles. The van der Waals surface area contributed by atoms with Crippen LogP contribution in [0.15, 0.2) is 42.6 Å². The third-order valence-corrected chi connectivity index (χ3v) is 6.27. The number of nitrogens with zero attached hydrogens (tertiary/aromatic N) is 1. The zero-order valence-electron chi connectivity index (χ0n) is 21.3. The number of aromatic hydroxyl groups is 1. The molecule has 8 nitrogen and oxygen atoms in total. The molecule has 1 saturated heterocycles. The SMILES string of the molecule is COc1ccnc(C(=O)C[C@H]2COC[C@H](Cc3ccccc3)[C@@H](OCCCC(F)(F)F)[C@H](C)OC2=O)c1O. The van der Waals surface area contributed by atoms with Crippen LogP contribution >= 0.6 is 0 Å². The highest BCUT2D eigenvalue weighted by atomic mass is 19.4. The van der Waals surface area contributed by atoms with E-state index in [4.69, 9.17) is 18.9 Å². The van der Waals surface area contributed by atoms with Crippen molar-refractivity contribution in [2.45, 2.75) is 51.0 Å². The fourth-order valence-corrected chi connectivity index (χ4v) is 4.38. The number of hydrogen-bond acceptors (Lipinski definition) is 8. The minimum atomic E-state index is -4.29. The van der Waals surface area contributed by atoms with Crippen molar-refractivity contribution in [3.63, 3.8) is 0 Å². The fraction of sp³-hybridized carbons (Fsp3) is 0.519. The molecule has 4 atom stereocenters. The van der Waals surface area contributed by atoms with E-state index in [0.29, 0.717) is 6.42 Å². The second-order valence-electron chi connectivity index (χ2n) is 9.22. The topological polar surface area (TPSA) is 104 Å². The Balaban J connectivity index is 1.75. The van der Waals surface area contributed by atoms with Crippen molar-refractivity contribution in [2.75, 3.05) is 26.9 Å². The number of aromatic nitrogens is 1. The van der Waals surface area contributed by atoms with Crippen molar-refractivity contribution in [3.05, 3.63) is 53.9 Å². The number of carbonyl (C=O) groups is 2. The van der Waals surface area contributed by atoms with Gasteiger partial charge in [0.25, 0.3) is 0 Å². The summed E-state index contributed by atoms with van der Waals surface area (Å²) in [4.78, 5) is 29.8. The number of ketones is 1. The number of halogens is 3. The number of benzene rings is 1. The van der Waals surface area contributed by atoms with Crippen molar-refractivity contribution in [1.82, 2.24) is 4.98 Å². The maximum absolute atomic E-state index is 13.0. The van der Waals surface area contributed by atoms with Crippen LogP contribution in [0.3, 0.4) is 0 Å². The normalized spacial score (nSPS) is 22.6. The number of ether oxygens (including phenoxy) is 4. The van der Waals surface area contributed by atoms with Crippen molar-refractivity contribution in [3.8, 4) is 11.5 Å². The molecule has 3 rings (SSSR count). The summed E-state index contributed by atoms with van der Waals surface area (Å²) in [6, 6.07) is 10.8. The van der Waals surface area contributed by atoms with Gasteiger partial charge in [0.15, 0.2) is 23.0 Å². The molecule has 0 spiro atoms. The van der Waals surface area contributed by atoms with E-state index in [9.17, 15) is 27.9 Å². The van der Waals surface area contributed by atoms with Gasteiger partial charge in [0, 0.05) is 37.6 Å². The van der Waals surface area contributed by atoms with E-state index in [0.717, 1.165) is 5.56 Å². The molecule has 1 aromatic carbocycles. The zero-order chi connectivity index (χ0) is 27.7. The number of cyclic esters (lactones) is 1. The number of rotatable bonds is 10. The molecule has 1 N–H and O–H groups in total. The van der Waals surface area contributed by atoms with Gasteiger partial charge in [-0.25, -0.2) is 4.98 Å². The van der Waals surface area contributed by atoms with Crippen molar-refractivity contribution >= 4 is 11.8 Å². The first-order valence-corrected chi connectivity index (χ1v) is 12.3. The smallest absolute Gasteiger partial charge is 0.389 e.